The van der Waals surface area contributed by atoms with E-state index in [4.69, 9.17) is 0 Å². The molecule has 4 nitrogen and oxygen atoms in total. The lowest BCUT2D eigenvalue weighted by atomic mass is 10.1. The summed E-state index contributed by atoms with van der Waals surface area (Å²) in [6, 6.07) is 9.87. The van der Waals surface area contributed by atoms with Gasteiger partial charge in [0.2, 0.25) is 11.8 Å². The lowest BCUT2D eigenvalue weighted by Crippen LogP contribution is -2.36. The van der Waals surface area contributed by atoms with Crippen molar-refractivity contribution in [1.82, 2.24) is 10.6 Å². The zero-order valence-corrected chi connectivity index (χ0v) is 9.61. The molecule has 1 saturated heterocycles. The summed E-state index contributed by atoms with van der Waals surface area (Å²) < 4.78 is 0. The summed E-state index contributed by atoms with van der Waals surface area (Å²) in [6.07, 6.45) is 1.60. The predicted octanol–water partition coefficient (Wildman–Crippen LogP) is 0.624. The van der Waals surface area contributed by atoms with Crippen LogP contribution in [0.3, 0.4) is 0 Å². The van der Waals surface area contributed by atoms with Gasteiger partial charge >= 0.3 is 0 Å². The molecule has 2 rings (SSSR count). The highest BCUT2D eigenvalue weighted by Crippen LogP contribution is 2.04. The number of rotatable bonds is 4. The highest BCUT2D eigenvalue weighted by atomic mass is 16.2. The number of carbonyl (C=O) groups is 2. The average Bonchev–Trinajstić information content (AvgIpc) is 2.73. The van der Waals surface area contributed by atoms with Gasteiger partial charge in [0.15, 0.2) is 0 Å². The number of carbonyl (C=O) groups excluding carboxylic acids is 2. The molecule has 0 bridgehead atoms. The molecule has 1 aromatic carbocycles. The summed E-state index contributed by atoms with van der Waals surface area (Å²) in [4.78, 5) is 22.6. The molecule has 1 atom stereocenters. The van der Waals surface area contributed by atoms with Gasteiger partial charge in [-0.15, -0.1) is 0 Å². The molecule has 0 spiro atoms. The zero-order chi connectivity index (χ0) is 12.1. The molecule has 2 N–H and O–H groups in total. The highest BCUT2D eigenvalue weighted by Gasteiger charge is 2.22. The Morgan fingerprint density at radius 1 is 1.35 bits per heavy atom. The monoisotopic (exact) mass is 232 g/mol. The van der Waals surface area contributed by atoms with Gasteiger partial charge < -0.3 is 10.6 Å². The van der Waals surface area contributed by atoms with E-state index in [1.54, 1.807) is 0 Å². The fourth-order valence-corrected chi connectivity index (χ4v) is 1.91. The van der Waals surface area contributed by atoms with Crippen molar-refractivity contribution in [3.8, 4) is 0 Å². The van der Waals surface area contributed by atoms with E-state index < -0.39 is 0 Å². The van der Waals surface area contributed by atoms with Crippen LogP contribution in [0, 0.1) is 0 Å². The van der Waals surface area contributed by atoms with Gasteiger partial charge in [0.25, 0.3) is 0 Å². The fraction of sp³-hybridized carbons (Fsp3) is 0.385. The molecule has 1 fully saturated rings. The molecule has 1 aliphatic rings. The van der Waals surface area contributed by atoms with Crippen LogP contribution < -0.4 is 10.6 Å². The van der Waals surface area contributed by atoms with E-state index in [-0.39, 0.29) is 17.9 Å². The first-order chi connectivity index (χ1) is 8.24. The first-order valence-electron chi connectivity index (χ1n) is 5.84. The second kappa shape index (κ2) is 5.48. The van der Waals surface area contributed by atoms with Crippen LogP contribution in [-0.4, -0.2) is 24.4 Å². The van der Waals surface area contributed by atoms with Crippen molar-refractivity contribution in [2.45, 2.75) is 25.3 Å². The lowest BCUT2D eigenvalue weighted by molar-refractivity contribution is -0.121. The van der Waals surface area contributed by atoms with E-state index in [1.165, 1.54) is 0 Å². The second-order valence-electron chi connectivity index (χ2n) is 4.26. The minimum Gasteiger partial charge on any atom is -0.354 e. The molecule has 90 valence electrons. The Bertz CT molecular complexity index is 403. The van der Waals surface area contributed by atoms with Crippen LogP contribution in [0.5, 0.6) is 0 Å². The Labute approximate surface area is 100 Å². The Hall–Kier alpha value is -1.84. The summed E-state index contributed by atoms with van der Waals surface area (Å²) in [6.45, 7) is 0.551. The van der Waals surface area contributed by atoms with Crippen LogP contribution in [0.2, 0.25) is 0 Å². The molecule has 1 heterocycles. The van der Waals surface area contributed by atoms with E-state index in [2.05, 4.69) is 10.6 Å². The number of benzene rings is 1. The quantitative estimate of drug-likeness (QED) is 0.799. The van der Waals surface area contributed by atoms with Gasteiger partial charge in [-0.05, 0) is 12.0 Å². The molecule has 1 aliphatic heterocycles. The van der Waals surface area contributed by atoms with Crippen molar-refractivity contribution < 1.29 is 9.59 Å². The largest absolute Gasteiger partial charge is 0.354 e. The third kappa shape index (κ3) is 3.59. The predicted molar refractivity (Wildman–Crippen MR) is 64.3 cm³/mol. The van der Waals surface area contributed by atoms with Crippen molar-refractivity contribution in [2.24, 2.45) is 0 Å². The summed E-state index contributed by atoms with van der Waals surface area (Å²) >= 11 is 0. The second-order valence-corrected chi connectivity index (χ2v) is 4.26. The van der Waals surface area contributed by atoms with Crippen molar-refractivity contribution in [3.05, 3.63) is 35.9 Å². The molecule has 17 heavy (non-hydrogen) atoms. The minimum absolute atomic E-state index is 0.00959. The third-order valence-corrected chi connectivity index (χ3v) is 2.83. The average molecular weight is 232 g/mol. The number of hydrogen-bond acceptors (Lipinski definition) is 2. The Kier molecular flexibility index (Phi) is 3.75. The van der Waals surface area contributed by atoms with Gasteiger partial charge in [-0.25, -0.2) is 0 Å². The molecule has 0 unspecified atom stereocenters. The summed E-state index contributed by atoms with van der Waals surface area (Å²) in [5.41, 5.74) is 1.16. The molecule has 0 aromatic heterocycles. The Balaban J connectivity index is 1.73. The van der Waals surface area contributed by atoms with Crippen molar-refractivity contribution >= 4 is 11.8 Å². The van der Waals surface area contributed by atoms with Gasteiger partial charge in [-0.1, -0.05) is 30.3 Å². The SMILES string of the molecule is O=C1C[C@H](NC(=O)CCc2ccccc2)CN1. The third-order valence-electron chi connectivity index (χ3n) is 2.83. The van der Waals surface area contributed by atoms with Gasteiger partial charge in [-0.2, -0.15) is 0 Å². The van der Waals surface area contributed by atoms with E-state index in [1.807, 2.05) is 30.3 Å². The first-order valence-corrected chi connectivity index (χ1v) is 5.84. The van der Waals surface area contributed by atoms with Gasteiger partial charge in [-0.3, -0.25) is 9.59 Å². The van der Waals surface area contributed by atoms with Gasteiger partial charge in [0, 0.05) is 19.4 Å². The van der Waals surface area contributed by atoms with Crippen LogP contribution in [-0.2, 0) is 16.0 Å². The Morgan fingerprint density at radius 3 is 2.76 bits per heavy atom. The smallest absolute Gasteiger partial charge is 0.222 e. The molecule has 2 amide bonds. The maximum Gasteiger partial charge on any atom is 0.222 e. The van der Waals surface area contributed by atoms with Crippen LogP contribution in [0.25, 0.3) is 0 Å². The van der Waals surface area contributed by atoms with Crippen molar-refractivity contribution in [2.75, 3.05) is 6.54 Å². The zero-order valence-electron chi connectivity index (χ0n) is 9.61. The molecule has 0 saturated carbocycles. The fourth-order valence-electron chi connectivity index (χ4n) is 1.91. The number of hydrogen-bond donors (Lipinski definition) is 2. The van der Waals surface area contributed by atoms with E-state index in [0.717, 1.165) is 12.0 Å². The molecule has 0 radical (unpaired) electrons. The maximum atomic E-state index is 11.6. The minimum atomic E-state index is -0.0363. The van der Waals surface area contributed by atoms with Crippen molar-refractivity contribution in [3.63, 3.8) is 0 Å². The van der Waals surface area contributed by atoms with Gasteiger partial charge in [0.1, 0.15) is 0 Å². The topological polar surface area (TPSA) is 58.2 Å². The van der Waals surface area contributed by atoms with Crippen LogP contribution in [0.4, 0.5) is 0 Å². The number of aryl methyl sites for hydroxylation is 1. The van der Waals surface area contributed by atoms with Gasteiger partial charge in [0.05, 0.1) is 6.04 Å². The molecule has 1 aromatic rings. The molecular weight excluding hydrogens is 216 g/mol. The summed E-state index contributed by atoms with van der Waals surface area (Å²) in [5.74, 6) is 0.0220. The van der Waals surface area contributed by atoms with E-state index in [9.17, 15) is 9.59 Å². The summed E-state index contributed by atoms with van der Waals surface area (Å²) in [5, 5.41) is 5.55. The van der Waals surface area contributed by atoms with Crippen LogP contribution in [0.15, 0.2) is 30.3 Å². The summed E-state index contributed by atoms with van der Waals surface area (Å²) in [7, 11) is 0. The molecule has 4 heteroatoms. The highest BCUT2D eigenvalue weighted by molar-refractivity contribution is 5.82. The molecule has 0 aliphatic carbocycles. The number of amides is 2. The number of nitrogens with one attached hydrogen (secondary N) is 2. The standard InChI is InChI=1S/C13H16N2O2/c16-12(15-11-8-13(17)14-9-11)7-6-10-4-2-1-3-5-10/h1-5,11H,6-9H2,(H,14,17)(H,15,16)/t11-/m0/s1. The van der Waals surface area contributed by atoms with Crippen molar-refractivity contribution in [1.29, 1.82) is 0 Å². The van der Waals surface area contributed by atoms with E-state index in [0.29, 0.717) is 19.4 Å². The van der Waals surface area contributed by atoms with E-state index >= 15 is 0 Å². The van der Waals surface area contributed by atoms with Crippen LogP contribution in [0.1, 0.15) is 18.4 Å². The Morgan fingerprint density at radius 2 is 2.12 bits per heavy atom. The first kappa shape index (κ1) is 11.6. The normalized spacial score (nSPS) is 18.8. The molecular formula is C13H16N2O2. The van der Waals surface area contributed by atoms with Crippen LogP contribution >= 0.6 is 0 Å². The maximum absolute atomic E-state index is 11.6. The lowest BCUT2D eigenvalue weighted by Gasteiger charge is -2.10.